The molecule has 1 aliphatic carbocycles. The van der Waals surface area contributed by atoms with Gasteiger partial charge in [0.25, 0.3) is 0 Å². The van der Waals surface area contributed by atoms with Gasteiger partial charge < -0.3 is 19.9 Å². The molecule has 6 rings (SSSR count). The molecule has 234 valence electrons. The van der Waals surface area contributed by atoms with Gasteiger partial charge in [-0.2, -0.15) is 0 Å². The average Bonchev–Trinajstić information content (AvgIpc) is 3.52. The first-order valence-electron chi connectivity index (χ1n) is 15.9. The molecule has 2 aliphatic heterocycles. The van der Waals surface area contributed by atoms with Crippen molar-refractivity contribution in [1.82, 2.24) is 15.2 Å². The van der Waals surface area contributed by atoms with Crippen LogP contribution < -0.4 is 10.2 Å². The Bertz CT molecular complexity index is 1510. The van der Waals surface area contributed by atoms with Crippen LogP contribution >= 0.6 is 0 Å². The molecule has 9 heteroatoms. The van der Waals surface area contributed by atoms with E-state index in [0.29, 0.717) is 22.6 Å². The minimum Gasteiger partial charge on any atom is -0.453 e. The summed E-state index contributed by atoms with van der Waals surface area (Å²) in [4.78, 5) is 21.6. The van der Waals surface area contributed by atoms with Crippen LogP contribution in [0.15, 0.2) is 88.9 Å². The Morgan fingerprint density at radius 3 is 2.25 bits per heavy atom. The fraction of sp³-hybridized carbons (Fsp3) is 0.486. The van der Waals surface area contributed by atoms with Gasteiger partial charge in [0.15, 0.2) is 0 Å². The molecule has 3 fully saturated rings. The molecule has 3 aliphatic rings. The number of amides is 1. The van der Waals surface area contributed by atoms with Crippen LogP contribution in [-0.4, -0.2) is 70.3 Å². The summed E-state index contributed by atoms with van der Waals surface area (Å²) in [5.41, 5.74) is 2.44. The summed E-state index contributed by atoms with van der Waals surface area (Å²) in [5, 5.41) is 3.17. The number of hydrogen-bond donors (Lipinski definition) is 1. The molecule has 2 saturated heterocycles. The summed E-state index contributed by atoms with van der Waals surface area (Å²) in [6, 6.07) is 21.4. The molecule has 1 amide bonds. The van der Waals surface area contributed by atoms with Crippen LogP contribution in [0.3, 0.4) is 0 Å². The number of nitrogens with zero attached hydrogens (tertiary/aromatic N) is 3. The van der Waals surface area contributed by atoms with Gasteiger partial charge in [-0.1, -0.05) is 43.7 Å². The lowest BCUT2D eigenvalue weighted by Gasteiger charge is -2.49. The first-order valence-corrected chi connectivity index (χ1v) is 17.4. The molecule has 2 aromatic carbocycles. The third-order valence-corrected chi connectivity index (χ3v) is 12.3. The number of methoxy groups -OCH3 is 1. The third kappa shape index (κ3) is 6.09. The molecule has 0 bridgehead atoms. The number of likely N-dealkylation sites (tertiary alicyclic amines) is 1. The minimum absolute atomic E-state index is 0.0140. The summed E-state index contributed by atoms with van der Waals surface area (Å²) in [5.74, 6) is 1.54. The number of rotatable bonds is 9. The number of benzene rings is 2. The van der Waals surface area contributed by atoms with Crippen molar-refractivity contribution in [3.8, 4) is 0 Å². The summed E-state index contributed by atoms with van der Waals surface area (Å²) in [7, 11) is -2.09. The molecule has 0 radical (unpaired) electrons. The topological polar surface area (TPSA) is 91.8 Å². The Balaban J connectivity index is 1.04. The first kappa shape index (κ1) is 30.6. The SMILES string of the molecule is COC(=O)N[C@@H]1CCC[C@H]1C(C)(c1ccccc1)C1CCN(CC2CN(c3ccc(S(=O)(=O)c4ccncc4)cc3)C2)CC1. The Morgan fingerprint density at radius 2 is 1.59 bits per heavy atom. The zero-order chi connectivity index (χ0) is 30.7. The number of carbonyl (C=O) groups is 1. The molecule has 1 saturated carbocycles. The van der Waals surface area contributed by atoms with Crippen molar-refractivity contribution in [3.63, 3.8) is 0 Å². The van der Waals surface area contributed by atoms with Crippen molar-refractivity contribution in [2.75, 3.05) is 44.7 Å². The maximum Gasteiger partial charge on any atom is 0.407 e. The molecule has 1 N–H and O–H groups in total. The predicted molar refractivity (Wildman–Crippen MR) is 171 cm³/mol. The quantitative estimate of drug-likeness (QED) is 0.337. The highest BCUT2D eigenvalue weighted by molar-refractivity contribution is 7.91. The summed E-state index contributed by atoms with van der Waals surface area (Å²) in [6.07, 6.45) is 8.23. The second-order valence-corrected chi connectivity index (χ2v) is 14.9. The third-order valence-electron chi connectivity index (χ3n) is 10.6. The Kier molecular flexibility index (Phi) is 8.96. The fourth-order valence-electron chi connectivity index (χ4n) is 8.08. The Labute approximate surface area is 261 Å². The summed E-state index contributed by atoms with van der Waals surface area (Å²) < 4.78 is 30.8. The van der Waals surface area contributed by atoms with Gasteiger partial charge in [-0.05, 0) is 92.6 Å². The normalized spacial score (nSPS) is 23.1. The minimum atomic E-state index is -3.54. The lowest BCUT2D eigenvalue weighted by Crippen LogP contribution is -2.54. The first-order chi connectivity index (χ1) is 21.3. The predicted octanol–water partition coefficient (Wildman–Crippen LogP) is 5.55. The van der Waals surface area contributed by atoms with Crippen molar-refractivity contribution in [3.05, 3.63) is 84.7 Å². The van der Waals surface area contributed by atoms with E-state index < -0.39 is 9.84 Å². The number of carbonyl (C=O) groups excluding carboxylic acids is 1. The van der Waals surface area contributed by atoms with Crippen molar-refractivity contribution < 1.29 is 17.9 Å². The lowest BCUT2D eigenvalue weighted by molar-refractivity contribution is 0.0764. The van der Waals surface area contributed by atoms with Crippen LogP contribution in [0.5, 0.6) is 0 Å². The van der Waals surface area contributed by atoms with E-state index in [-0.39, 0.29) is 22.4 Å². The van der Waals surface area contributed by atoms with Gasteiger partial charge in [0.2, 0.25) is 9.84 Å². The number of alkyl carbamates (subject to hydrolysis) is 1. The van der Waals surface area contributed by atoms with Gasteiger partial charge in [0.05, 0.1) is 16.9 Å². The molecule has 44 heavy (non-hydrogen) atoms. The van der Waals surface area contributed by atoms with E-state index in [9.17, 15) is 13.2 Å². The second kappa shape index (κ2) is 12.9. The van der Waals surface area contributed by atoms with Crippen LogP contribution in [0.25, 0.3) is 0 Å². The van der Waals surface area contributed by atoms with Crippen molar-refractivity contribution >= 4 is 21.6 Å². The van der Waals surface area contributed by atoms with Crippen molar-refractivity contribution in [2.24, 2.45) is 17.8 Å². The van der Waals surface area contributed by atoms with Gasteiger partial charge in [0.1, 0.15) is 0 Å². The van der Waals surface area contributed by atoms with E-state index in [1.807, 2.05) is 12.1 Å². The van der Waals surface area contributed by atoms with Crippen LogP contribution in [0.1, 0.15) is 44.6 Å². The highest BCUT2D eigenvalue weighted by Crippen LogP contribution is 2.50. The number of sulfone groups is 1. The molecule has 3 heterocycles. The zero-order valence-electron chi connectivity index (χ0n) is 25.8. The van der Waals surface area contributed by atoms with Crippen LogP contribution in [0.2, 0.25) is 0 Å². The van der Waals surface area contributed by atoms with E-state index in [4.69, 9.17) is 4.74 Å². The summed E-state index contributed by atoms with van der Waals surface area (Å²) in [6.45, 7) is 7.69. The molecule has 8 nitrogen and oxygen atoms in total. The Morgan fingerprint density at radius 1 is 0.932 bits per heavy atom. The van der Waals surface area contributed by atoms with Gasteiger partial charge >= 0.3 is 6.09 Å². The molecular formula is C35H44N4O4S. The highest BCUT2D eigenvalue weighted by atomic mass is 32.2. The smallest absolute Gasteiger partial charge is 0.407 e. The molecular weight excluding hydrogens is 572 g/mol. The van der Waals surface area contributed by atoms with Gasteiger partial charge in [0, 0.05) is 55.1 Å². The monoisotopic (exact) mass is 616 g/mol. The molecule has 0 spiro atoms. The number of nitrogens with one attached hydrogen (secondary N) is 1. The van der Waals surface area contributed by atoms with E-state index >= 15 is 0 Å². The van der Waals surface area contributed by atoms with Crippen LogP contribution in [0, 0.1) is 17.8 Å². The number of hydrogen-bond acceptors (Lipinski definition) is 7. The number of aromatic nitrogens is 1. The molecule has 3 aromatic rings. The van der Waals surface area contributed by atoms with E-state index in [0.717, 1.165) is 70.5 Å². The largest absolute Gasteiger partial charge is 0.453 e. The number of piperidine rings is 1. The highest BCUT2D eigenvalue weighted by Gasteiger charge is 2.49. The number of pyridine rings is 1. The van der Waals surface area contributed by atoms with Crippen molar-refractivity contribution in [1.29, 1.82) is 0 Å². The molecule has 3 atom stereocenters. The summed E-state index contributed by atoms with van der Waals surface area (Å²) >= 11 is 0. The van der Waals surface area contributed by atoms with E-state index in [2.05, 4.69) is 57.4 Å². The molecule has 1 unspecified atom stereocenters. The Hall–Kier alpha value is -3.43. The average molecular weight is 617 g/mol. The fourth-order valence-corrected chi connectivity index (χ4v) is 9.32. The zero-order valence-corrected chi connectivity index (χ0v) is 26.6. The number of ether oxygens (including phenoxy) is 1. The maximum absolute atomic E-state index is 12.9. The second-order valence-electron chi connectivity index (χ2n) is 13.0. The van der Waals surface area contributed by atoms with E-state index in [1.54, 1.807) is 12.1 Å². The standard InChI is InChI=1S/C35H44N4O4S/c1-35(27-7-4-3-5-8-27,32-9-6-10-33(32)37-34(40)43-2)28-17-21-38(22-18-28)23-26-24-39(25-26)29-11-13-30(14-12-29)44(41,42)31-15-19-36-20-16-31/h3-5,7-8,11-16,19-20,26,28,32-33H,6,9-10,17-18,21-25H2,1-2H3,(H,37,40)/t32-,33-,35?/m1/s1. The van der Waals surface area contributed by atoms with Gasteiger partial charge in [-0.25, -0.2) is 13.2 Å². The molecule has 1 aromatic heterocycles. The van der Waals surface area contributed by atoms with Gasteiger partial charge in [-0.3, -0.25) is 4.98 Å². The van der Waals surface area contributed by atoms with Crippen molar-refractivity contribution in [2.45, 2.75) is 60.3 Å². The van der Waals surface area contributed by atoms with Crippen LogP contribution in [0.4, 0.5) is 10.5 Å². The number of anilines is 1. The maximum atomic E-state index is 12.9. The van der Waals surface area contributed by atoms with E-state index in [1.165, 1.54) is 37.2 Å². The lowest BCUT2D eigenvalue weighted by atomic mass is 9.59. The van der Waals surface area contributed by atoms with Crippen LogP contribution in [-0.2, 0) is 20.0 Å². The van der Waals surface area contributed by atoms with Gasteiger partial charge in [-0.15, -0.1) is 0 Å².